The topological polar surface area (TPSA) is 21.1 Å². The number of aromatic nitrogens is 2. The van der Waals surface area contributed by atoms with Crippen molar-refractivity contribution in [2.45, 2.75) is 57.7 Å². The predicted octanol–water partition coefficient (Wildman–Crippen LogP) is 2.84. The van der Waals surface area contributed by atoms with Crippen LogP contribution in [-0.4, -0.2) is 26.8 Å². The molecule has 2 saturated heterocycles. The van der Waals surface area contributed by atoms with Gasteiger partial charge in [0, 0.05) is 24.2 Å². The Kier molecular flexibility index (Phi) is 2.20. The minimum absolute atomic E-state index is 0.527. The van der Waals surface area contributed by atoms with Gasteiger partial charge >= 0.3 is 0 Å². The number of fused-ring (bicyclic) bond motifs is 5. The lowest BCUT2D eigenvalue weighted by Crippen LogP contribution is -2.40. The van der Waals surface area contributed by atoms with Gasteiger partial charge in [0.25, 0.3) is 0 Å². The molecule has 18 heavy (non-hydrogen) atoms. The molecule has 3 nitrogen and oxygen atoms in total. The first-order valence-electron chi connectivity index (χ1n) is 7.48. The SMILES string of the molecule is CC(C)CC12CCCN1C1c3ccnn3CC1C2. The van der Waals surface area contributed by atoms with Crippen LogP contribution in [0, 0.1) is 11.8 Å². The second-order valence-corrected chi connectivity index (χ2v) is 6.97. The lowest BCUT2D eigenvalue weighted by Gasteiger charge is -2.36. The van der Waals surface area contributed by atoms with Crippen molar-refractivity contribution in [3.8, 4) is 0 Å². The first kappa shape index (κ1) is 11.0. The molecule has 4 heterocycles. The number of rotatable bonds is 2. The molecule has 3 unspecified atom stereocenters. The highest BCUT2D eigenvalue weighted by atomic mass is 15.4. The van der Waals surface area contributed by atoms with Crippen molar-refractivity contribution in [3.63, 3.8) is 0 Å². The van der Waals surface area contributed by atoms with E-state index in [4.69, 9.17) is 0 Å². The fourth-order valence-corrected chi connectivity index (χ4v) is 5.06. The summed E-state index contributed by atoms with van der Waals surface area (Å²) in [5, 5.41) is 4.47. The number of nitrogens with zero attached hydrogens (tertiary/aromatic N) is 3. The maximum absolute atomic E-state index is 4.47. The Labute approximate surface area is 109 Å². The molecule has 0 saturated carbocycles. The Hall–Kier alpha value is -0.830. The van der Waals surface area contributed by atoms with E-state index in [2.05, 4.69) is 34.6 Å². The van der Waals surface area contributed by atoms with Crippen LogP contribution in [0.3, 0.4) is 0 Å². The van der Waals surface area contributed by atoms with Gasteiger partial charge in [-0.05, 0) is 44.2 Å². The van der Waals surface area contributed by atoms with Gasteiger partial charge < -0.3 is 0 Å². The monoisotopic (exact) mass is 245 g/mol. The smallest absolute Gasteiger partial charge is 0.0569 e. The lowest BCUT2D eigenvalue weighted by atomic mass is 9.83. The fraction of sp³-hybridized carbons (Fsp3) is 0.800. The first-order valence-corrected chi connectivity index (χ1v) is 7.48. The summed E-state index contributed by atoms with van der Waals surface area (Å²) in [7, 11) is 0. The molecular weight excluding hydrogens is 222 g/mol. The van der Waals surface area contributed by atoms with Crippen molar-refractivity contribution in [2.75, 3.05) is 6.54 Å². The van der Waals surface area contributed by atoms with E-state index in [1.54, 1.807) is 0 Å². The third-order valence-corrected chi connectivity index (χ3v) is 5.32. The molecule has 2 fully saturated rings. The summed E-state index contributed by atoms with van der Waals surface area (Å²) in [6.45, 7) is 7.22. The molecular formula is C15H23N3. The zero-order valence-corrected chi connectivity index (χ0v) is 11.5. The normalized spacial score (nSPS) is 38.2. The van der Waals surface area contributed by atoms with Crippen LogP contribution in [-0.2, 0) is 6.54 Å². The molecule has 0 spiro atoms. The highest BCUT2D eigenvalue weighted by Crippen LogP contribution is 2.56. The summed E-state index contributed by atoms with van der Waals surface area (Å²) in [5.74, 6) is 1.64. The van der Waals surface area contributed by atoms with E-state index in [1.165, 1.54) is 37.9 Å². The molecule has 0 N–H and O–H groups in total. The zero-order chi connectivity index (χ0) is 12.3. The third kappa shape index (κ3) is 1.31. The van der Waals surface area contributed by atoms with Gasteiger partial charge in [0.2, 0.25) is 0 Å². The molecule has 98 valence electrons. The van der Waals surface area contributed by atoms with E-state index >= 15 is 0 Å². The molecule has 1 aromatic rings. The summed E-state index contributed by atoms with van der Waals surface area (Å²) < 4.78 is 2.24. The number of hydrogen-bond acceptors (Lipinski definition) is 2. The fourth-order valence-electron chi connectivity index (χ4n) is 5.06. The van der Waals surface area contributed by atoms with Gasteiger partial charge in [0.1, 0.15) is 0 Å². The Morgan fingerprint density at radius 2 is 2.39 bits per heavy atom. The van der Waals surface area contributed by atoms with Gasteiger partial charge in [0.05, 0.1) is 11.7 Å². The van der Waals surface area contributed by atoms with Gasteiger partial charge in [-0.15, -0.1) is 0 Å². The molecule has 0 radical (unpaired) electrons. The van der Waals surface area contributed by atoms with E-state index in [-0.39, 0.29) is 0 Å². The Balaban J connectivity index is 1.70. The van der Waals surface area contributed by atoms with Crippen LogP contribution in [0.5, 0.6) is 0 Å². The van der Waals surface area contributed by atoms with Crippen molar-refractivity contribution >= 4 is 0 Å². The number of hydrogen-bond donors (Lipinski definition) is 0. The molecule has 3 aliphatic heterocycles. The minimum Gasteiger partial charge on any atom is -0.289 e. The highest BCUT2D eigenvalue weighted by Gasteiger charge is 2.56. The summed E-state index contributed by atoms with van der Waals surface area (Å²) in [5.41, 5.74) is 2.01. The second-order valence-electron chi connectivity index (χ2n) is 6.97. The molecule has 0 bridgehead atoms. The molecule has 0 amide bonds. The molecule has 3 atom stereocenters. The summed E-state index contributed by atoms with van der Waals surface area (Å²) in [4.78, 5) is 2.85. The molecule has 3 heteroatoms. The summed E-state index contributed by atoms with van der Waals surface area (Å²) in [6, 6.07) is 2.92. The van der Waals surface area contributed by atoms with Gasteiger partial charge in [0.15, 0.2) is 0 Å². The van der Waals surface area contributed by atoms with Gasteiger partial charge in [-0.2, -0.15) is 5.10 Å². The Morgan fingerprint density at radius 3 is 3.22 bits per heavy atom. The van der Waals surface area contributed by atoms with Crippen LogP contribution in [0.15, 0.2) is 12.3 Å². The molecule has 3 aliphatic rings. The van der Waals surface area contributed by atoms with Gasteiger partial charge in [-0.25, -0.2) is 0 Å². The predicted molar refractivity (Wildman–Crippen MR) is 71.2 cm³/mol. The summed E-state index contributed by atoms with van der Waals surface area (Å²) >= 11 is 0. The maximum Gasteiger partial charge on any atom is 0.0569 e. The second kappa shape index (κ2) is 3.60. The van der Waals surface area contributed by atoms with E-state index in [0.29, 0.717) is 11.6 Å². The van der Waals surface area contributed by atoms with E-state index in [0.717, 1.165) is 18.4 Å². The largest absolute Gasteiger partial charge is 0.289 e. The zero-order valence-electron chi connectivity index (χ0n) is 11.5. The Morgan fingerprint density at radius 1 is 1.50 bits per heavy atom. The van der Waals surface area contributed by atoms with Crippen molar-refractivity contribution in [1.29, 1.82) is 0 Å². The molecule has 4 rings (SSSR count). The quantitative estimate of drug-likeness (QED) is 0.799. The van der Waals surface area contributed by atoms with Crippen LogP contribution in [0.2, 0.25) is 0 Å². The van der Waals surface area contributed by atoms with Crippen molar-refractivity contribution in [1.82, 2.24) is 14.7 Å². The summed E-state index contributed by atoms with van der Waals surface area (Å²) in [6.07, 6.45) is 7.58. The minimum atomic E-state index is 0.527. The van der Waals surface area contributed by atoms with Crippen molar-refractivity contribution in [2.24, 2.45) is 11.8 Å². The lowest BCUT2D eigenvalue weighted by molar-refractivity contribution is 0.124. The Bertz CT molecular complexity index is 464. The standard InChI is InChI=1S/C15H23N3/c1-11(2)8-15-5-3-7-17(15)14-12(9-15)10-18-13(14)4-6-16-18/h4,6,11-12,14H,3,5,7-10H2,1-2H3. The average molecular weight is 245 g/mol. The van der Waals surface area contributed by atoms with Gasteiger partial charge in [-0.1, -0.05) is 13.8 Å². The maximum atomic E-state index is 4.47. The van der Waals surface area contributed by atoms with Crippen molar-refractivity contribution < 1.29 is 0 Å². The van der Waals surface area contributed by atoms with E-state index in [9.17, 15) is 0 Å². The van der Waals surface area contributed by atoms with Gasteiger partial charge in [-0.3, -0.25) is 9.58 Å². The first-order chi connectivity index (χ1) is 8.70. The van der Waals surface area contributed by atoms with Crippen LogP contribution in [0.25, 0.3) is 0 Å². The molecule has 0 aromatic carbocycles. The van der Waals surface area contributed by atoms with Crippen LogP contribution in [0.4, 0.5) is 0 Å². The van der Waals surface area contributed by atoms with E-state index in [1.807, 2.05) is 6.20 Å². The average Bonchev–Trinajstić information content (AvgIpc) is 2.93. The third-order valence-electron chi connectivity index (χ3n) is 5.32. The molecule has 1 aromatic heterocycles. The van der Waals surface area contributed by atoms with Crippen molar-refractivity contribution in [3.05, 3.63) is 18.0 Å². The van der Waals surface area contributed by atoms with Crippen LogP contribution in [0.1, 0.15) is 51.3 Å². The van der Waals surface area contributed by atoms with Crippen LogP contribution >= 0.6 is 0 Å². The van der Waals surface area contributed by atoms with E-state index < -0.39 is 0 Å². The molecule has 0 aliphatic carbocycles. The highest BCUT2D eigenvalue weighted by molar-refractivity contribution is 5.21. The van der Waals surface area contributed by atoms with Crippen LogP contribution < -0.4 is 0 Å².